The number of aryl methyl sites for hydroxylation is 2. The number of rotatable bonds is 5. The van der Waals surface area contributed by atoms with Crippen LogP contribution in [0.25, 0.3) is 0 Å². The van der Waals surface area contributed by atoms with Gasteiger partial charge in [-0.2, -0.15) is 0 Å². The zero-order valence-electron chi connectivity index (χ0n) is 10.5. The molecule has 0 aliphatic rings. The lowest BCUT2D eigenvalue weighted by Gasteiger charge is -2.02. The zero-order valence-corrected chi connectivity index (χ0v) is 11.3. The summed E-state index contributed by atoms with van der Waals surface area (Å²) in [6, 6.07) is 7.21. The highest BCUT2D eigenvalue weighted by atomic mass is 32.1. The number of benzene rings is 1. The standard InChI is InChI=1S/C14H15NO2S/c1-10-9-18-14(15-10)8-7-13(16)11-3-5-12(17-2)6-4-11/h3-6,9H,7-8H2,1-2H3. The van der Waals surface area contributed by atoms with Crippen molar-refractivity contribution < 1.29 is 9.53 Å². The highest BCUT2D eigenvalue weighted by Gasteiger charge is 2.07. The average molecular weight is 261 g/mol. The first kappa shape index (κ1) is 12.8. The van der Waals surface area contributed by atoms with Crippen LogP contribution in [0.4, 0.5) is 0 Å². The number of nitrogens with zero attached hydrogens (tertiary/aromatic N) is 1. The molecule has 1 heterocycles. The first-order valence-electron chi connectivity index (χ1n) is 5.77. The minimum absolute atomic E-state index is 0.144. The first-order valence-corrected chi connectivity index (χ1v) is 6.65. The molecule has 0 atom stereocenters. The van der Waals surface area contributed by atoms with Crippen molar-refractivity contribution in [2.45, 2.75) is 19.8 Å². The number of ether oxygens (including phenoxy) is 1. The van der Waals surface area contributed by atoms with E-state index in [1.807, 2.05) is 12.3 Å². The van der Waals surface area contributed by atoms with Gasteiger partial charge in [0.15, 0.2) is 5.78 Å². The smallest absolute Gasteiger partial charge is 0.163 e. The van der Waals surface area contributed by atoms with Crippen molar-refractivity contribution in [3.63, 3.8) is 0 Å². The molecule has 0 amide bonds. The number of aromatic nitrogens is 1. The van der Waals surface area contributed by atoms with Crippen LogP contribution in [0, 0.1) is 6.92 Å². The van der Waals surface area contributed by atoms with Crippen LogP contribution in [0.2, 0.25) is 0 Å². The Labute approximate surface area is 110 Å². The Hall–Kier alpha value is -1.68. The van der Waals surface area contributed by atoms with Gasteiger partial charge >= 0.3 is 0 Å². The molecule has 4 heteroatoms. The van der Waals surface area contributed by atoms with E-state index in [1.165, 1.54) is 0 Å². The van der Waals surface area contributed by atoms with E-state index >= 15 is 0 Å². The quantitative estimate of drug-likeness (QED) is 0.775. The summed E-state index contributed by atoms with van der Waals surface area (Å²) in [4.78, 5) is 16.3. The second-order valence-corrected chi connectivity index (χ2v) is 4.98. The minimum Gasteiger partial charge on any atom is -0.497 e. The summed E-state index contributed by atoms with van der Waals surface area (Å²) in [6.45, 7) is 1.96. The van der Waals surface area contributed by atoms with Gasteiger partial charge in [0.1, 0.15) is 5.75 Å². The summed E-state index contributed by atoms with van der Waals surface area (Å²) in [5.41, 5.74) is 1.75. The highest BCUT2D eigenvalue weighted by molar-refractivity contribution is 7.09. The Morgan fingerprint density at radius 1 is 1.33 bits per heavy atom. The largest absolute Gasteiger partial charge is 0.497 e. The molecular weight excluding hydrogens is 246 g/mol. The third-order valence-corrected chi connectivity index (χ3v) is 3.67. The van der Waals surface area contributed by atoms with E-state index in [9.17, 15) is 4.79 Å². The Kier molecular flexibility index (Phi) is 4.10. The highest BCUT2D eigenvalue weighted by Crippen LogP contribution is 2.15. The molecular formula is C14H15NO2S. The van der Waals surface area contributed by atoms with Crippen molar-refractivity contribution in [1.29, 1.82) is 0 Å². The molecule has 0 bridgehead atoms. The van der Waals surface area contributed by atoms with Crippen LogP contribution in [0.5, 0.6) is 5.75 Å². The summed E-state index contributed by atoms with van der Waals surface area (Å²) >= 11 is 1.61. The maximum Gasteiger partial charge on any atom is 0.163 e. The lowest BCUT2D eigenvalue weighted by molar-refractivity contribution is 0.0983. The van der Waals surface area contributed by atoms with Crippen molar-refractivity contribution in [3.05, 3.63) is 45.9 Å². The summed E-state index contributed by atoms with van der Waals surface area (Å²) < 4.78 is 5.06. The molecule has 0 saturated heterocycles. The van der Waals surface area contributed by atoms with Crippen LogP contribution in [0.15, 0.2) is 29.6 Å². The lowest BCUT2D eigenvalue weighted by atomic mass is 10.1. The number of methoxy groups -OCH3 is 1. The number of Topliss-reactive ketones (excluding diaryl/α,β-unsaturated/α-hetero) is 1. The van der Waals surface area contributed by atoms with Gasteiger partial charge in [0.05, 0.1) is 12.1 Å². The van der Waals surface area contributed by atoms with Gasteiger partial charge in [0.2, 0.25) is 0 Å². The van der Waals surface area contributed by atoms with Crippen LogP contribution >= 0.6 is 11.3 Å². The third kappa shape index (κ3) is 3.17. The molecule has 2 aromatic rings. The van der Waals surface area contributed by atoms with E-state index in [-0.39, 0.29) is 5.78 Å². The maximum atomic E-state index is 12.0. The van der Waals surface area contributed by atoms with Gasteiger partial charge < -0.3 is 4.74 Å². The summed E-state index contributed by atoms with van der Waals surface area (Å²) in [6.07, 6.45) is 1.21. The molecule has 0 fully saturated rings. The van der Waals surface area contributed by atoms with Crippen molar-refractivity contribution >= 4 is 17.1 Å². The predicted octanol–water partition coefficient (Wildman–Crippen LogP) is 3.28. The minimum atomic E-state index is 0.144. The average Bonchev–Trinajstić information content (AvgIpc) is 2.82. The van der Waals surface area contributed by atoms with Gasteiger partial charge in [-0.15, -0.1) is 11.3 Å². The molecule has 0 aliphatic heterocycles. The molecule has 0 radical (unpaired) electrons. The van der Waals surface area contributed by atoms with Gasteiger partial charge in [-0.05, 0) is 31.2 Å². The van der Waals surface area contributed by atoms with E-state index in [1.54, 1.807) is 42.7 Å². The van der Waals surface area contributed by atoms with Gasteiger partial charge in [0, 0.05) is 29.5 Å². The van der Waals surface area contributed by atoms with Crippen molar-refractivity contribution in [2.24, 2.45) is 0 Å². The van der Waals surface area contributed by atoms with E-state index < -0.39 is 0 Å². The summed E-state index contributed by atoms with van der Waals surface area (Å²) in [7, 11) is 1.61. The fourth-order valence-electron chi connectivity index (χ4n) is 1.66. The molecule has 0 N–H and O–H groups in total. The maximum absolute atomic E-state index is 12.0. The second kappa shape index (κ2) is 5.78. The van der Waals surface area contributed by atoms with Gasteiger partial charge in [-0.25, -0.2) is 4.98 Å². The van der Waals surface area contributed by atoms with Gasteiger partial charge in [-0.3, -0.25) is 4.79 Å². The fourth-order valence-corrected chi connectivity index (χ4v) is 2.44. The van der Waals surface area contributed by atoms with E-state index in [2.05, 4.69) is 4.98 Å². The molecule has 94 valence electrons. The molecule has 0 aliphatic carbocycles. The van der Waals surface area contributed by atoms with E-state index in [0.29, 0.717) is 12.8 Å². The van der Waals surface area contributed by atoms with Crippen LogP contribution in [0.3, 0.4) is 0 Å². The monoisotopic (exact) mass is 261 g/mol. The Morgan fingerprint density at radius 2 is 2.06 bits per heavy atom. The molecule has 1 aromatic carbocycles. The molecule has 2 rings (SSSR count). The number of carbonyl (C=O) groups excluding carboxylic acids is 1. The van der Waals surface area contributed by atoms with Crippen molar-refractivity contribution in [3.8, 4) is 5.75 Å². The van der Waals surface area contributed by atoms with Crippen molar-refractivity contribution in [2.75, 3.05) is 7.11 Å². The molecule has 0 unspecified atom stereocenters. The third-order valence-electron chi connectivity index (χ3n) is 2.64. The summed E-state index contributed by atoms with van der Waals surface area (Å²) in [5.74, 6) is 0.910. The molecule has 0 spiro atoms. The normalized spacial score (nSPS) is 10.3. The Balaban J connectivity index is 1.94. The van der Waals surface area contributed by atoms with Crippen molar-refractivity contribution in [1.82, 2.24) is 4.98 Å². The SMILES string of the molecule is COc1ccc(C(=O)CCc2nc(C)cs2)cc1. The topological polar surface area (TPSA) is 39.2 Å². The summed E-state index contributed by atoms with van der Waals surface area (Å²) in [5, 5.41) is 3.03. The second-order valence-electron chi connectivity index (χ2n) is 4.03. The van der Waals surface area contributed by atoms with Gasteiger partial charge in [0.25, 0.3) is 0 Å². The number of ketones is 1. The fraction of sp³-hybridized carbons (Fsp3) is 0.286. The lowest BCUT2D eigenvalue weighted by Crippen LogP contribution is -2.01. The molecule has 3 nitrogen and oxygen atoms in total. The van der Waals surface area contributed by atoms with Crippen LogP contribution in [0.1, 0.15) is 27.5 Å². The molecule has 18 heavy (non-hydrogen) atoms. The van der Waals surface area contributed by atoms with Crippen LogP contribution in [-0.2, 0) is 6.42 Å². The van der Waals surface area contributed by atoms with Gasteiger partial charge in [-0.1, -0.05) is 0 Å². The first-order chi connectivity index (χ1) is 8.69. The predicted molar refractivity (Wildman–Crippen MR) is 72.5 cm³/mol. The van der Waals surface area contributed by atoms with E-state index in [4.69, 9.17) is 4.74 Å². The Morgan fingerprint density at radius 3 is 2.61 bits per heavy atom. The zero-order chi connectivity index (χ0) is 13.0. The number of thiazole rings is 1. The van der Waals surface area contributed by atoms with E-state index in [0.717, 1.165) is 22.0 Å². The number of hydrogen-bond donors (Lipinski definition) is 0. The Bertz CT molecular complexity index is 531. The number of hydrogen-bond acceptors (Lipinski definition) is 4. The number of carbonyl (C=O) groups is 1. The molecule has 1 aromatic heterocycles. The van der Waals surface area contributed by atoms with Crippen LogP contribution in [-0.4, -0.2) is 17.9 Å². The van der Waals surface area contributed by atoms with Crippen LogP contribution < -0.4 is 4.74 Å². The molecule has 0 saturated carbocycles.